The van der Waals surface area contributed by atoms with Crippen LogP contribution in [-0.2, 0) is 0 Å². The number of carboxylic acid groups (broad SMARTS) is 1. The van der Waals surface area contributed by atoms with E-state index in [4.69, 9.17) is 10.4 Å². The van der Waals surface area contributed by atoms with Crippen molar-refractivity contribution < 1.29 is 9.90 Å². The number of fused-ring (bicyclic) bond motifs is 1. The number of carboxylic acids is 1. The van der Waals surface area contributed by atoms with E-state index in [1.165, 1.54) is 0 Å². The van der Waals surface area contributed by atoms with Gasteiger partial charge in [0.2, 0.25) is 0 Å². The number of hydrogen-bond donors (Lipinski definition) is 1. The van der Waals surface area contributed by atoms with Crippen molar-refractivity contribution in [2.24, 2.45) is 0 Å². The monoisotopic (exact) mass is 212 g/mol. The van der Waals surface area contributed by atoms with Crippen molar-refractivity contribution in [2.45, 2.75) is 6.92 Å². The second-order valence-corrected chi connectivity index (χ2v) is 3.38. The topological polar surface area (TPSA) is 74.0 Å². The smallest absolute Gasteiger partial charge is 0.337 e. The van der Waals surface area contributed by atoms with Gasteiger partial charge in [-0.05, 0) is 13.0 Å². The van der Waals surface area contributed by atoms with Gasteiger partial charge in [0.25, 0.3) is 0 Å². The molecule has 0 amide bonds. The molecule has 0 saturated heterocycles. The Hall–Kier alpha value is -2.41. The van der Waals surface area contributed by atoms with Gasteiger partial charge in [-0.3, -0.25) is 4.98 Å². The summed E-state index contributed by atoms with van der Waals surface area (Å²) in [6.07, 6.45) is 0. The van der Waals surface area contributed by atoms with Crippen molar-refractivity contribution in [1.82, 2.24) is 4.98 Å². The predicted octanol–water partition coefficient (Wildman–Crippen LogP) is 2.11. The lowest BCUT2D eigenvalue weighted by Crippen LogP contribution is -2.05. The number of rotatable bonds is 1. The fraction of sp³-hybridized carbons (Fsp3) is 0.0833. The summed E-state index contributed by atoms with van der Waals surface area (Å²) in [5.41, 5.74) is 1.20. The van der Waals surface area contributed by atoms with Crippen LogP contribution >= 0.6 is 0 Å². The molecule has 1 aromatic carbocycles. The Labute approximate surface area is 91.8 Å². The Balaban J connectivity index is 3.00. The van der Waals surface area contributed by atoms with E-state index >= 15 is 0 Å². The summed E-state index contributed by atoms with van der Waals surface area (Å²) in [5.74, 6) is -1.10. The van der Waals surface area contributed by atoms with E-state index in [1.807, 2.05) is 6.07 Å². The van der Waals surface area contributed by atoms with E-state index in [-0.39, 0.29) is 11.1 Å². The number of para-hydroxylation sites is 1. The molecule has 0 unspecified atom stereocenters. The minimum atomic E-state index is -1.10. The number of aryl methyl sites for hydroxylation is 1. The Morgan fingerprint density at radius 3 is 2.75 bits per heavy atom. The number of benzene rings is 1. The molecule has 1 heterocycles. The van der Waals surface area contributed by atoms with E-state index in [0.29, 0.717) is 16.6 Å². The lowest BCUT2D eigenvalue weighted by atomic mass is 10.0. The van der Waals surface area contributed by atoms with Crippen LogP contribution in [0.1, 0.15) is 21.6 Å². The predicted molar refractivity (Wildman–Crippen MR) is 58.2 cm³/mol. The summed E-state index contributed by atoms with van der Waals surface area (Å²) >= 11 is 0. The first kappa shape index (κ1) is 10.1. The van der Waals surface area contributed by atoms with E-state index in [9.17, 15) is 4.79 Å². The first-order chi connectivity index (χ1) is 7.65. The van der Waals surface area contributed by atoms with Gasteiger partial charge in [-0.1, -0.05) is 18.2 Å². The zero-order valence-electron chi connectivity index (χ0n) is 8.56. The van der Waals surface area contributed by atoms with Gasteiger partial charge in [-0.25, -0.2) is 4.79 Å². The largest absolute Gasteiger partial charge is 0.478 e. The van der Waals surface area contributed by atoms with E-state index in [0.717, 1.165) is 0 Å². The van der Waals surface area contributed by atoms with Crippen molar-refractivity contribution >= 4 is 16.9 Å². The third kappa shape index (κ3) is 1.39. The third-order valence-corrected chi connectivity index (χ3v) is 2.40. The SMILES string of the molecule is Cc1nc2ccccc2c(C(=O)O)c1C#N. The van der Waals surface area contributed by atoms with Crippen LogP contribution in [0.4, 0.5) is 0 Å². The van der Waals surface area contributed by atoms with E-state index in [1.54, 1.807) is 31.2 Å². The molecule has 0 bridgehead atoms. The minimum Gasteiger partial charge on any atom is -0.478 e. The van der Waals surface area contributed by atoms with Crippen LogP contribution in [-0.4, -0.2) is 16.1 Å². The Bertz CT molecular complexity index is 627. The van der Waals surface area contributed by atoms with Crippen molar-refractivity contribution in [1.29, 1.82) is 5.26 Å². The summed E-state index contributed by atoms with van der Waals surface area (Å²) in [5, 5.41) is 18.6. The molecule has 0 aliphatic carbocycles. The summed E-state index contributed by atoms with van der Waals surface area (Å²) in [4.78, 5) is 15.4. The van der Waals surface area contributed by atoms with Crippen LogP contribution in [0.2, 0.25) is 0 Å². The van der Waals surface area contributed by atoms with Crippen LogP contribution in [0, 0.1) is 18.3 Å². The first-order valence-corrected chi connectivity index (χ1v) is 4.68. The van der Waals surface area contributed by atoms with E-state index in [2.05, 4.69) is 4.98 Å². The lowest BCUT2D eigenvalue weighted by Gasteiger charge is -2.06. The zero-order valence-corrected chi connectivity index (χ0v) is 8.56. The third-order valence-electron chi connectivity index (χ3n) is 2.40. The maximum Gasteiger partial charge on any atom is 0.337 e. The maximum atomic E-state index is 11.2. The zero-order chi connectivity index (χ0) is 11.7. The summed E-state index contributed by atoms with van der Waals surface area (Å²) in [6, 6.07) is 8.80. The molecule has 2 rings (SSSR count). The van der Waals surface area contributed by atoms with Crippen molar-refractivity contribution in [3.05, 3.63) is 41.1 Å². The Kier molecular flexibility index (Phi) is 2.29. The van der Waals surface area contributed by atoms with Gasteiger partial charge in [-0.2, -0.15) is 5.26 Å². The van der Waals surface area contributed by atoms with Crippen LogP contribution in [0.3, 0.4) is 0 Å². The van der Waals surface area contributed by atoms with Gasteiger partial charge in [-0.15, -0.1) is 0 Å². The molecule has 0 saturated carbocycles. The molecule has 4 nitrogen and oxygen atoms in total. The molecule has 0 fully saturated rings. The van der Waals surface area contributed by atoms with Gasteiger partial charge < -0.3 is 5.11 Å². The summed E-state index contributed by atoms with van der Waals surface area (Å²) in [7, 11) is 0. The van der Waals surface area contributed by atoms with Gasteiger partial charge in [0.15, 0.2) is 0 Å². The van der Waals surface area contributed by atoms with Crippen LogP contribution in [0.15, 0.2) is 24.3 Å². The number of nitriles is 1. The molecule has 1 N–H and O–H groups in total. The Morgan fingerprint density at radius 2 is 2.12 bits per heavy atom. The highest BCUT2D eigenvalue weighted by Crippen LogP contribution is 2.22. The molecule has 0 spiro atoms. The molecule has 0 radical (unpaired) electrons. The second kappa shape index (κ2) is 3.63. The second-order valence-electron chi connectivity index (χ2n) is 3.38. The molecular weight excluding hydrogens is 204 g/mol. The lowest BCUT2D eigenvalue weighted by molar-refractivity contribution is 0.0698. The van der Waals surface area contributed by atoms with E-state index < -0.39 is 5.97 Å². The fourth-order valence-corrected chi connectivity index (χ4v) is 1.69. The summed E-state index contributed by atoms with van der Waals surface area (Å²) in [6.45, 7) is 1.64. The number of hydrogen-bond acceptors (Lipinski definition) is 3. The van der Waals surface area contributed by atoms with Crippen LogP contribution in [0.25, 0.3) is 10.9 Å². The normalized spacial score (nSPS) is 10.0. The fourth-order valence-electron chi connectivity index (χ4n) is 1.69. The van der Waals surface area contributed by atoms with Gasteiger partial charge in [0, 0.05) is 5.39 Å². The first-order valence-electron chi connectivity index (χ1n) is 4.68. The number of aromatic nitrogens is 1. The molecule has 78 valence electrons. The van der Waals surface area contributed by atoms with Gasteiger partial charge in [0.1, 0.15) is 6.07 Å². The van der Waals surface area contributed by atoms with Crippen molar-refractivity contribution in [3.8, 4) is 6.07 Å². The highest BCUT2D eigenvalue weighted by molar-refractivity contribution is 6.04. The maximum absolute atomic E-state index is 11.2. The quantitative estimate of drug-likeness (QED) is 0.785. The van der Waals surface area contributed by atoms with Crippen molar-refractivity contribution in [2.75, 3.05) is 0 Å². The van der Waals surface area contributed by atoms with Crippen molar-refractivity contribution in [3.63, 3.8) is 0 Å². The molecule has 0 aliphatic rings. The molecule has 0 atom stereocenters. The van der Waals surface area contributed by atoms with Crippen LogP contribution in [0.5, 0.6) is 0 Å². The number of pyridine rings is 1. The Morgan fingerprint density at radius 1 is 1.44 bits per heavy atom. The number of nitrogens with zero attached hydrogens (tertiary/aromatic N) is 2. The molecule has 4 heteroatoms. The summed E-state index contributed by atoms with van der Waals surface area (Å²) < 4.78 is 0. The average molecular weight is 212 g/mol. The molecular formula is C12H8N2O2. The highest BCUT2D eigenvalue weighted by atomic mass is 16.4. The molecule has 1 aromatic heterocycles. The standard InChI is InChI=1S/C12H8N2O2/c1-7-9(6-13)11(12(15)16)8-4-2-3-5-10(8)14-7/h2-5H,1H3,(H,15,16). The van der Waals surface area contributed by atoms with Crippen LogP contribution < -0.4 is 0 Å². The average Bonchev–Trinajstić information content (AvgIpc) is 2.26. The van der Waals surface area contributed by atoms with Gasteiger partial charge >= 0.3 is 5.97 Å². The molecule has 0 aliphatic heterocycles. The molecule has 2 aromatic rings. The highest BCUT2D eigenvalue weighted by Gasteiger charge is 2.17. The van der Waals surface area contributed by atoms with Gasteiger partial charge in [0.05, 0.1) is 22.3 Å². The molecule has 16 heavy (non-hydrogen) atoms. The number of aromatic carboxylic acids is 1. The minimum absolute atomic E-state index is 0.0330. The number of carbonyl (C=O) groups is 1.